The van der Waals surface area contributed by atoms with Crippen LogP contribution in [-0.4, -0.2) is 4.98 Å². The standard InChI is InChI=1S/C12H12BrFN2S/c1-7-12(17-6-16-7)11(15)5-8-4-9(14)2-3-10(8)13/h2-4,6,11H,5,15H2,1H3. The molecule has 0 saturated heterocycles. The lowest BCUT2D eigenvalue weighted by molar-refractivity contribution is 0.621. The molecule has 0 radical (unpaired) electrons. The zero-order chi connectivity index (χ0) is 12.4. The van der Waals surface area contributed by atoms with Gasteiger partial charge in [0.1, 0.15) is 5.82 Å². The lowest BCUT2D eigenvalue weighted by Gasteiger charge is -2.12. The fraction of sp³-hybridized carbons (Fsp3) is 0.250. The van der Waals surface area contributed by atoms with Gasteiger partial charge in [-0.15, -0.1) is 11.3 Å². The maximum Gasteiger partial charge on any atom is 0.123 e. The fourth-order valence-corrected chi connectivity index (χ4v) is 2.91. The van der Waals surface area contributed by atoms with Crippen LogP contribution in [0.5, 0.6) is 0 Å². The van der Waals surface area contributed by atoms with Gasteiger partial charge in [-0.3, -0.25) is 0 Å². The summed E-state index contributed by atoms with van der Waals surface area (Å²) in [4.78, 5) is 5.23. The minimum Gasteiger partial charge on any atom is -0.323 e. The lowest BCUT2D eigenvalue weighted by Crippen LogP contribution is -2.13. The highest BCUT2D eigenvalue weighted by Gasteiger charge is 2.14. The van der Waals surface area contributed by atoms with Gasteiger partial charge in [-0.25, -0.2) is 9.37 Å². The van der Waals surface area contributed by atoms with E-state index in [2.05, 4.69) is 20.9 Å². The van der Waals surface area contributed by atoms with Gasteiger partial charge in [0.15, 0.2) is 0 Å². The maximum atomic E-state index is 13.1. The van der Waals surface area contributed by atoms with E-state index >= 15 is 0 Å². The molecule has 0 fully saturated rings. The SMILES string of the molecule is Cc1ncsc1C(N)Cc1cc(F)ccc1Br. The first-order valence-corrected chi connectivity index (χ1v) is 6.84. The van der Waals surface area contributed by atoms with Crippen molar-refractivity contribution in [3.63, 3.8) is 0 Å². The first-order chi connectivity index (χ1) is 8.08. The molecule has 90 valence electrons. The predicted molar refractivity (Wildman–Crippen MR) is 71.6 cm³/mol. The molecule has 2 aromatic rings. The third-order valence-electron chi connectivity index (χ3n) is 2.57. The van der Waals surface area contributed by atoms with Crippen LogP contribution in [0.3, 0.4) is 0 Å². The summed E-state index contributed by atoms with van der Waals surface area (Å²) in [5.74, 6) is -0.239. The zero-order valence-corrected chi connectivity index (χ0v) is 11.7. The van der Waals surface area contributed by atoms with E-state index in [-0.39, 0.29) is 11.9 Å². The Morgan fingerprint density at radius 2 is 2.29 bits per heavy atom. The van der Waals surface area contributed by atoms with Crippen molar-refractivity contribution in [2.24, 2.45) is 5.73 Å². The fourth-order valence-electron chi connectivity index (χ4n) is 1.70. The normalized spacial score (nSPS) is 12.7. The highest BCUT2D eigenvalue weighted by atomic mass is 79.9. The van der Waals surface area contributed by atoms with E-state index in [1.165, 1.54) is 12.1 Å². The van der Waals surface area contributed by atoms with Crippen molar-refractivity contribution in [1.29, 1.82) is 0 Å². The van der Waals surface area contributed by atoms with E-state index in [9.17, 15) is 4.39 Å². The molecule has 0 saturated carbocycles. The van der Waals surface area contributed by atoms with Crippen molar-refractivity contribution < 1.29 is 4.39 Å². The quantitative estimate of drug-likeness (QED) is 0.940. The second-order valence-corrected chi connectivity index (χ2v) is 5.59. The van der Waals surface area contributed by atoms with E-state index in [0.717, 1.165) is 20.6 Å². The topological polar surface area (TPSA) is 38.9 Å². The van der Waals surface area contributed by atoms with Crippen LogP contribution in [0, 0.1) is 12.7 Å². The number of halogens is 2. The van der Waals surface area contributed by atoms with Crippen molar-refractivity contribution in [3.05, 3.63) is 50.1 Å². The number of aryl methyl sites for hydroxylation is 1. The smallest absolute Gasteiger partial charge is 0.123 e. The summed E-state index contributed by atoms with van der Waals surface area (Å²) in [6.07, 6.45) is 0.599. The Labute approximate surface area is 112 Å². The van der Waals surface area contributed by atoms with Gasteiger partial charge in [-0.2, -0.15) is 0 Å². The van der Waals surface area contributed by atoms with Crippen LogP contribution in [0.15, 0.2) is 28.2 Å². The van der Waals surface area contributed by atoms with Crippen molar-refractivity contribution in [1.82, 2.24) is 4.98 Å². The molecule has 1 aromatic carbocycles. The van der Waals surface area contributed by atoms with Crippen molar-refractivity contribution in [3.8, 4) is 0 Å². The highest BCUT2D eigenvalue weighted by molar-refractivity contribution is 9.10. The van der Waals surface area contributed by atoms with Gasteiger partial charge in [0, 0.05) is 15.4 Å². The average molecular weight is 315 g/mol. The van der Waals surface area contributed by atoms with Crippen LogP contribution >= 0.6 is 27.3 Å². The maximum absolute atomic E-state index is 13.1. The minimum atomic E-state index is -0.239. The first-order valence-electron chi connectivity index (χ1n) is 5.17. The summed E-state index contributed by atoms with van der Waals surface area (Å²) in [6.45, 7) is 1.94. The van der Waals surface area contributed by atoms with Gasteiger partial charge in [0.2, 0.25) is 0 Å². The van der Waals surface area contributed by atoms with Gasteiger partial charge in [0.05, 0.1) is 11.2 Å². The Morgan fingerprint density at radius 3 is 2.94 bits per heavy atom. The molecule has 0 aliphatic heterocycles. The monoisotopic (exact) mass is 314 g/mol. The molecule has 2 N–H and O–H groups in total. The van der Waals surface area contributed by atoms with E-state index < -0.39 is 0 Å². The summed E-state index contributed by atoms with van der Waals surface area (Å²) >= 11 is 4.95. The zero-order valence-electron chi connectivity index (χ0n) is 9.28. The molecule has 0 spiro atoms. The average Bonchev–Trinajstić information content (AvgIpc) is 2.70. The lowest BCUT2D eigenvalue weighted by atomic mass is 10.0. The third kappa shape index (κ3) is 2.91. The molecule has 0 aliphatic carbocycles. The molecule has 1 aromatic heterocycles. The summed E-state index contributed by atoms with van der Waals surface area (Å²) in [5, 5.41) is 0. The van der Waals surface area contributed by atoms with Crippen LogP contribution < -0.4 is 5.73 Å². The molecule has 0 amide bonds. The van der Waals surface area contributed by atoms with E-state index in [1.807, 2.05) is 6.92 Å². The third-order valence-corrected chi connectivity index (χ3v) is 4.40. The number of thiazole rings is 1. The van der Waals surface area contributed by atoms with Gasteiger partial charge < -0.3 is 5.73 Å². The minimum absolute atomic E-state index is 0.138. The summed E-state index contributed by atoms with van der Waals surface area (Å²) in [7, 11) is 0. The Morgan fingerprint density at radius 1 is 1.53 bits per heavy atom. The Balaban J connectivity index is 2.21. The highest BCUT2D eigenvalue weighted by Crippen LogP contribution is 2.26. The van der Waals surface area contributed by atoms with Crippen molar-refractivity contribution in [2.45, 2.75) is 19.4 Å². The summed E-state index contributed by atoms with van der Waals surface area (Å²) in [6, 6.07) is 4.51. The summed E-state index contributed by atoms with van der Waals surface area (Å²) in [5.41, 5.74) is 9.73. The number of hydrogen-bond donors (Lipinski definition) is 1. The van der Waals surface area contributed by atoms with Crippen molar-refractivity contribution >= 4 is 27.3 Å². The van der Waals surface area contributed by atoms with Gasteiger partial charge in [-0.1, -0.05) is 15.9 Å². The largest absolute Gasteiger partial charge is 0.323 e. The van der Waals surface area contributed by atoms with E-state index in [4.69, 9.17) is 5.73 Å². The van der Waals surface area contributed by atoms with Crippen LogP contribution in [0.1, 0.15) is 22.2 Å². The Bertz CT molecular complexity index is 527. The van der Waals surface area contributed by atoms with Crippen LogP contribution in [-0.2, 0) is 6.42 Å². The second kappa shape index (κ2) is 5.25. The second-order valence-electron chi connectivity index (χ2n) is 3.85. The van der Waals surface area contributed by atoms with Crippen LogP contribution in [0.4, 0.5) is 4.39 Å². The molecule has 0 bridgehead atoms. The number of nitrogens with zero attached hydrogens (tertiary/aromatic N) is 1. The van der Waals surface area contributed by atoms with E-state index in [0.29, 0.717) is 6.42 Å². The van der Waals surface area contributed by atoms with Gasteiger partial charge >= 0.3 is 0 Å². The molecular weight excluding hydrogens is 303 g/mol. The molecular formula is C12H12BrFN2S. The van der Waals surface area contributed by atoms with Gasteiger partial charge in [0.25, 0.3) is 0 Å². The number of aromatic nitrogens is 1. The number of hydrogen-bond acceptors (Lipinski definition) is 3. The molecule has 17 heavy (non-hydrogen) atoms. The number of nitrogens with two attached hydrogens (primary N) is 1. The molecule has 1 atom stereocenters. The van der Waals surface area contributed by atoms with Gasteiger partial charge in [-0.05, 0) is 37.1 Å². The predicted octanol–water partition coefficient (Wildman–Crippen LogP) is 3.60. The molecule has 5 heteroatoms. The first kappa shape index (κ1) is 12.7. The molecule has 1 unspecified atom stereocenters. The Hall–Kier alpha value is -0.780. The number of rotatable bonds is 3. The van der Waals surface area contributed by atoms with E-state index in [1.54, 1.807) is 22.9 Å². The molecule has 2 nitrogen and oxygen atoms in total. The molecule has 1 heterocycles. The van der Waals surface area contributed by atoms with Crippen LogP contribution in [0.2, 0.25) is 0 Å². The number of benzene rings is 1. The molecule has 0 aliphatic rings. The van der Waals surface area contributed by atoms with Crippen molar-refractivity contribution in [2.75, 3.05) is 0 Å². The molecule has 2 rings (SSSR count). The Kier molecular flexibility index (Phi) is 3.91. The van der Waals surface area contributed by atoms with Crippen LogP contribution in [0.25, 0.3) is 0 Å². The summed E-state index contributed by atoms with van der Waals surface area (Å²) < 4.78 is 14.0.